The molecule has 0 saturated heterocycles. The first-order valence-electron chi connectivity index (χ1n) is 8.06. The lowest BCUT2D eigenvalue weighted by Gasteiger charge is -2.55. The van der Waals surface area contributed by atoms with Gasteiger partial charge in [0.2, 0.25) is 5.91 Å². The molecule has 5 nitrogen and oxygen atoms in total. The molecule has 4 rings (SSSR count). The van der Waals surface area contributed by atoms with Crippen LogP contribution in [0.3, 0.4) is 0 Å². The summed E-state index contributed by atoms with van der Waals surface area (Å²) >= 11 is 0. The van der Waals surface area contributed by atoms with Crippen LogP contribution in [0.1, 0.15) is 45.4 Å². The normalized spacial score (nSPS) is 38.1. The highest BCUT2D eigenvalue weighted by atomic mass is 16.7. The minimum atomic E-state index is -0.532. The summed E-state index contributed by atoms with van der Waals surface area (Å²) in [4.78, 5) is 29.7. The number of hydrogen-bond donors (Lipinski definition) is 1. The number of hydroxylamine groups is 2. The summed E-state index contributed by atoms with van der Waals surface area (Å²) in [7, 11) is 3.02. The van der Waals surface area contributed by atoms with Gasteiger partial charge in [-0.1, -0.05) is 0 Å². The number of rotatable bonds is 4. The number of nitrogens with one attached hydrogen (secondary N) is 1. The molecular formula is C16H26N2O3. The Bertz CT molecular complexity index is 414. The number of carbonyl (C=O) groups is 2. The molecule has 4 saturated carbocycles. The molecule has 1 N–H and O–H groups in total. The Balaban J connectivity index is 1.67. The second-order valence-electron chi connectivity index (χ2n) is 7.41. The molecule has 5 heteroatoms. The first-order chi connectivity index (χ1) is 9.93. The summed E-state index contributed by atoms with van der Waals surface area (Å²) in [5.74, 6) is 2.07. The number of likely N-dealkylation sites (N-methyl/N-ethyl adjacent to an activating group) is 1. The summed E-state index contributed by atoms with van der Waals surface area (Å²) in [5.41, 5.74) is -0.199. The largest absolute Gasteiger partial charge is 0.344 e. The van der Waals surface area contributed by atoms with E-state index in [9.17, 15) is 9.59 Å². The van der Waals surface area contributed by atoms with Crippen LogP contribution < -0.4 is 5.32 Å². The molecule has 0 aromatic carbocycles. The van der Waals surface area contributed by atoms with Crippen molar-refractivity contribution in [2.24, 2.45) is 23.2 Å². The minimum absolute atomic E-state index is 0.0898. The van der Waals surface area contributed by atoms with Gasteiger partial charge in [-0.05, 0) is 63.2 Å². The zero-order chi connectivity index (χ0) is 15.2. The van der Waals surface area contributed by atoms with Gasteiger partial charge >= 0.3 is 0 Å². The molecule has 4 fully saturated rings. The Labute approximate surface area is 126 Å². The molecule has 2 amide bonds. The molecule has 0 spiro atoms. The van der Waals surface area contributed by atoms with E-state index in [0.717, 1.165) is 37.0 Å². The smallest absolute Gasteiger partial charge is 0.268 e. The maximum atomic E-state index is 12.8. The standard InChI is InChI=1S/C16H26N2O3/c1-10(14(19)18(2)21-3)17-15(20)16-7-11-4-12(8-16)6-13(5-11)9-16/h10-13H,4-9H2,1-3H3,(H,17,20)/t10-,11?,12?,13?,16?/m1/s1. The molecule has 0 aromatic rings. The second kappa shape index (κ2) is 5.27. The van der Waals surface area contributed by atoms with E-state index in [0.29, 0.717) is 0 Å². The van der Waals surface area contributed by atoms with Gasteiger partial charge in [0.25, 0.3) is 5.91 Å². The van der Waals surface area contributed by atoms with E-state index in [1.807, 2.05) is 0 Å². The summed E-state index contributed by atoms with van der Waals surface area (Å²) in [6, 6.07) is -0.532. The monoisotopic (exact) mass is 294 g/mol. The van der Waals surface area contributed by atoms with Crippen molar-refractivity contribution in [2.75, 3.05) is 14.2 Å². The van der Waals surface area contributed by atoms with Crippen molar-refractivity contribution in [2.45, 2.75) is 51.5 Å². The molecular weight excluding hydrogens is 268 g/mol. The number of hydrogen-bond acceptors (Lipinski definition) is 3. The Morgan fingerprint density at radius 1 is 1.14 bits per heavy atom. The van der Waals surface area contributed by atoms with Gasteiger partial charge in [0, 0.05) is 12.5 Å². The van der Waals surface area contributed by atoms with Crippen molar-refractivity contribution in [1.82, 2.24) is 10.4 Å². The van der Waals surface area contributed by atoms with Crippen LogP contribution in [0, 0.1) is 23.2 Å². The molecule has 4 aliphatic rings. The van der Waals surface area contributed by atoms with E-state index in [-0.39, 0.29) is 17.2 Å². The second-order valence-corrected chi connectivity index (χ2v) is 7.41. The van der Waals surface area contributed by atoms with Crippen molar-refractivity contribution in [3.05, 3.63) is 0 Å². The van der Waals surface area contributed by atoms with Crippen molar-refractivity contribution < 1.29 is 14.4 Å². The first-order valence-corrected chi connectivity index (χ1v) is 8.06. The summed E-state index contributed by atoms with van der Waals surface area (Å²) in [6.07, 6.45) is 7.00. The predicted molar refractivity (Wildman–Crippen MR) is 78.0 cm³/mol. The van der Waals surface area contributed by atoms with Gasteiger partial charge in [-0.3, -0.25) is 14.4 Å². The lowest BCUT2D eigenvalue weighted by atomic mass is 9.49. The minimum Gasteiger partial charge on any atom is -0.344 e. The Kier molecular flexibility index (Phi) is 3.72. The van der Waals surface area contributed by atoms with E-state index >= 15 is 0 Å². The molecule has 0 radical (unpaired) electrons. The third-order valence-electron chi connectivity index (χ3n) is 5.82. The van der Waals surface area contributed by atoms with Gasteiger partial charge in [0.1, 0.15) is 6.04 Å². The van der Waals surface area contributed by atoms with Gasteiger partial charge in [-0.25, -0.2) is 5.06 Å². The zero-order valence-electron chi connectivity index (χ0n) is 13.2. The fourth-order valence-electron chi connectivity index (χ4n) is 5.16. The summed E-state index contributed by atoms with van der Waals surface area (Å²) in [6.45, 7) is 1.73. The maximum absolute atomic E-state index is 12.8. The Morgan fingerprint density at radius 3 is 2.05 bits per heavy atom. The molecule has 0 heterocycles. The van der Waals surface area contributed by atoms with Crippen molar-refractivity contribution >= 4 is 11.8 Å². The fourth-order valence-corrected chi connectivity index (χ4v) is 5.16. The van der Waals surface area contributed by atoms with Crippen LogP contribution in [-0.4, -0.2) is 37.1 Å². The zero-order valence-corrected chi connectivity index (χ0v) is 13.2. The molecule has 4 aliphatic carbocycles. The van der Waals surface area contributed by atoms with Gasteiger partial charge in [0.05, 0.1) is 7.11 Å². The number of nitrogens with zero attached hydrogens (tertiary/aromatic N) is 1. The third kappa shape index (κ3) is 2.56. The molecule has 21 heavy (non-hydrogen) atoms. The Hall–Kier alpha value is -1.10. The fraction of sp³-hybridized carbons (Fsp3) is 0.875. The van der Waals surface area contributed by atoms with Crippen LogP contribution >= 0.6 is 0 Å². The molecule has 118 valence electrons. The van der Waals surface area contributed by atoms with Crippen LogP contribution in [-0.2, 0) is 14.4 Å². The molecule has 0 unspecified atom stereocenters. The SMILES string of the molecule is CON(C)C(=O)[C@@H](C)NC(=O)C12CC3CC(CC(C3)C1)C2. The van der Waals surface area contributed by atoms with Gasteiger partial charge in [0.15, 0.2) is 0 Å². The Morgan fingerprint density at radius 2 is 1.62 bits per heavy atom. The lowest BCUT2D eigenvalue weighted by Crippen LogP contribution is -2.56. The van der Waals surface area contributed by atoms with Crippen LogP contribution in [0.15, 0.2) is 0 Å². The van der Waals surface area contributed by atoms with E-state index in [1.54, 1.807) is 14.0 Å². The highest BCUT2D eigenvalue weighted by Gasteiger charge is 2.54. The highest BCUT2D eigenvalue weighted by molar-refractivity contribution is 5.89. The molecule has 4 bridgehead atoms. The molecule has 1 atom stereocenters. The van der Waals surface area contributed by atoms with Gasteiger partial charge < -0.3 is 5.32 Å². The molecule has 0 aliphatic heterocycles. The average Bonchev–Trinajstić information content (AvgIpc) is 2.44. The average molecular weight is 294 g/mol. The van der Waals surface area contributed by atoms with Crippen LogP contribution in [0.2, 0.25) is 0 Å². The third-order valence-corrected chi connectivity index (χ3v) is 5.82. The van der Waals surface area contributed by atoms with E-state index in [1.165, 1.54) is 31.4 Å². The van der Waals surface area contributed by atoms with Crippen molar-refractivity contribution in [3.8, 4) is 0 Å². The van der Waals surface area contributed by atoms with E-state index in [4.69, 9.17) is 4.84 Å². The van der Waals surface area contributed by atoms with Crippen LogP contribution in [0.25, 0.3) is 0 Å². The highest BCUT2D eigenvalue weighted by Crippen LogP contribution is 2.60. The van der Waals surface area contributed by atoms with Gasteiger partial charge in [-0.2, -0.15) is 0 Å². The summed E-state index contributed by atoms with van der Waals surface area (Å²) < 4.78 is 0. The first kappa shape index (κ1) is 14.8. The maximum Gasteiger partial charge on any atom is 0.268 e. The number of amides is 2. The van der Waals surface area contributed by atoms with Crippen molar-refractivity contribution in [3.63, 3.8) is 0 Å². The van der Waals surface area contributed by atoms with Crippen molar-refractivity contribution in [1.29, 1.82) is 0 Å². The topological polar surface area (TPSA) is 58.6 Å². The van der Waals surface area contributed by atoms with E-state index in [2.05, 4.69) is 5.32 Å². The van der Waals surface area contributed by atoms with Gasteiger partial charge in [-0.15, -0.1) is 0 Å². The summed E-state index contributed by atoms with van der Waals surface area (Å²) in [5, 5.41) is 4.11. The van der Waals surface area contributed by atoms with Crippen LogP contribution in [0.4, 0.5) is 0 Å². The predicted octanol–water partition coefficient (Wildman–Crippen LogP) is 1.73. The van der Waals surface area contributed by atoms with Crippen LogP contribution in [0.5, 0.6) is 0 Å². The molecule has 0 aromatic heterocycles. The lowest BCUT2D eigenvalue weighted by molar-refractivity contribution is -0.172. The quantitative estimate of drug-likeness (QED) is 0.803. The number of carbonyl (C=O) groups excluding carboxylic acids is 2. The van der Waals surface area contributed by atoms with E-state index < -0.39 is 6.04 Å².